The van der Waals surface area contributed by atoms with E-state index in [1.807, 2.05) is 0 Å². The Morgan fingerprint density at radius 3 is 2.82 bits per heavy atom. The van der Waals surface area contributed by atoms with Gasteiger partial charge >= 0.3 is 0 Å². The van der Waals surface area contributed by atoms with Gasteiger partial charge in [-0.15, -0.1) is 10.2 Å². The first-order valence-corrected chi connectivity index (χ1v) is 6.61. The topological polar surface area (TPSA) is 63.8 Å². The summed E-state index contributed by atoms with van der Waals surface area (Å²) in [4.78, 5) is 0. The van der Waals surface area contributed by atoms with Crippen molar-refractivity contribution in [2.45, 2.75) is 31.7 Å². The highest BCUT2D eigenvalue weighted by molar-refractivity contribution is 6.33. The Morgan fingerprint density at radius 2 is 2.06 bits per heavy atom. The highest BCUT2D eigenvalue weighted by Crippen LogP contribution is 2.29. The SMILES string of the molecule is NCC1CCCCC1Nc1cc(Cl)nnc1Cl. The number of nitrogens with two attached hydrogens (primary N) is 1. The Kier molecular flexibility index (Phi) is 4.42. The van der Waals surface area contributed by atoms with E-state index in [1.165, 1.54) is 12.8 Å². The van der Waals surface area contributed by atoms with E-state index < -0.39 is 0 Å². The molecular formula is C11H16Cl2N4. The lowest BCUT2D eigenvalue weighted by atomic mass is 9.84. The molecule has 0 aliphatic heterocycles. The van der Waals surface area contributed by atoms with Gasteiger partial charge in [-0.2, -0.15) is 0 Å². The molecule has 0 saturated heterocycles. The minimum Gasteiger partial charge on any atom is -0.379 e. The maximum Gasteiger partial charge on any atom is 0.174 e. The van der Waals surface area contributed by atoms with Crippen LogP contribution >= 0.6 is 23.2 Å². The largest absolute Gasteiger partial charge is 0.379 e. The van der Waals surface area contributed by atoms with Crippen LogP contribution in [0.2, 0.25) is 10.3 Å². The van der Waals surface area contributed by atoms with Crippen LogP contribution in [-0.2, 0) is 0 Å². The number of nitrogens with zero attached hydrogens (tertiary/aromatic N) is 2. The molecule has 1 aromatic heterocycles. The maximum atomic E-state index is 5.98. The second-order valence-corrected chi connectivity index (χ2v) is 5.15. The van der Waals surface area contributed by atoms with Crippen LogP contribution in [0.15, 0.2) is 6.07 Å². The summed E-state index contributed by atoms with van der Waals surface area (Å²) in [6.45, 7) is 0.696. The maximum absolute atomic E-state index is 5.98. The summed E-state index contributed by atoms with van der Waals surface area (Å²) in [6, 6.07) is 2.06. The van der Waals surface area contributed by atoms with Crippen LogP contribution in [0.25, 0.3) is 0 Å². The van der Waals surface area contributed by atoms with Gasteiger partial charge < -0.3 is 11.1 Å². The van der Waals surface area contributed by atoms with E-state index in [0.29, 0.717) is 28.8 Å². The first-order valence-electron chi connectivity index (χ1n) is 5.86. The highest BCUT2D eigenvalue weighted by Gasteiger charge is 2.24. The third-order valence-corrected chi connectivity index (χ3v) is 3.74. The smallest absolute Gasteiger partial charge is 0.174 e. The molecule has 6 heteroatoms. The molecule has 0 radical (unpaired) electrons. The molecule has 2 atom stereocenters. The van der Waals surface area contributed by atoms with Crippen LogP contribution in [0.3, 0.4) is 0 Å². The Morgan fingerprint density at radius 1 is 1.29 bits per heavy atom. The van der Waals surface area contributed by atoms with Crippen LogP contribution in [-0.4, -0.2) is 22.8 Å². The molecule has 0 aromatic carbocycles. The third-order valence-electron chi connectivity index (χ3n) is 3.27. The lowest BCUT2D eigenvalue weighted by Crippen LogP contribution is -2.36. The van der Waals surface area contributed by atoms with E-state index in [0.717, 1.165) is 18.5 Å². The highest BCUT2D eigenvalue weighted by atomic mass is 35.5. The van der Waals surface area contributed by atoms with Crippen molar-refractivity contribution in [1.29, 1.82) is 0 Å². The normalized spacial score (nSPS) is 24.6. The van der Waals surface area contributed by atoms with Crippen molar-refractivity contribution in [3.63, 3.8) is 0 Å². The Bertz CT molecular complexity index is 386. The van der Waals surface area contributed by atoms with E-state index >= 15 is 0 Å². The van der Waals surface area contributed by atoms with Crippen LogP contribution in [0.1, 0.15) is 25.7 Å². The molecule has 1 saturated carbocycles. The second-order valence-electron chi connectivity index (χ2n) is 4.40. The number of halogens is 2. The molecule has 1 aliphatic carbocycles. The fraction of sp³-hybridized carbons (Fsp3) is 0.636. The number of rotatable bonds is 3. The lowest BCUT2D eigenvalue weighted by Gasteiger charge is -2.32. The molecular weight excluding hydrogens is 259 g/mol. The number of hydrogen-bond donors (Lipinski definition) is 2. The quantitative estimate of drug-likeness (QED) is 0.890. The number of hydrogen-bond acceptors (Lipinski definition) is 4. The molecule has 4 nitrogen and oxygen atoms in total. The summed E-state index contributed by atoms with van der Waals surface area (Å²) in [6.07, 6.45) is 4.75. The molecule has 1 fully saturated rings. The molecule has 2 unspecified atom stereocenters. The zero-order valence-electron chi connectivity index (χ0n) is 9.50. The molecule has 0 amide bonds. The van der Waals surface area contributed by atoms with Crippen LogP contribution < -0.4 is 11.1 Å². The molecule has 0 bridgehead atoms. The average molecular weight is 275 g/mol. The lowest BCUT2D eigenvalue weighted by molar-refractivity contribution is 0.332. The van der Waals surface area contributed by atoms with E-state index in [4.69, 9.17) is 28.9 Å². The molecule has 3 N–H and O–H groups in total. The number of nitrogens with one attached hydrogen (secondary N) is 1. The van der Waals surface area contributed by atoms with E-state index in [9.17, 15) is 0 Å². The zero-order valence-corrected chi connectivity index (χ0v) is 11.0. The Hall–Kier alpha value is -0.580. The van der Waals surface area contributed by atoms with Crippen LogP contribution in [0.5, 0.6) is 0 Å². The van der Waals surface area contributed by atoms with Gasteiger partial charge in [0.05, 0.1) is 5.69 Å². The van der Waals surface area contributed by atoms with Crippen LogP contribution in [0.4, 0.5) is 5.69 Å². The summed E-state index contributed by atoms with van der Waals surface area (Å²) in [5.41, 5.74) is 6.54. The molecule has 2 rings (SSSR count). The molecule has 94 valence electrons. The van der Waals surface area contributed by atoms with Gasteiger partial charge in [-0.25, -0.2) is 0 Å². The summed E-state index contributed by atoms with van der Waals surface area (Å²) >= 11 is 11.8. The third kappa shape index (κ3) is 3.21. The van der Waals surface area contributed by atoms with Gasteiger partial charge in [-0.1, -0.05) is 36.0 Å². The number of aromatic nitrogens is 2. The van der Waals surface area contributed by atoms with Gasteiger partial charge in [0.15, 0.2) is 10.3 Å². The predicted molar refractivity (Wildman–Crippen MR) is 70.5 cm³/mol. The monoisotopic (exact) mass is 274 g/mol. The van der Waals surface area contributed by atoms with Crippen molar-refractivity contribution in [2.24, 2.45) is 11.7 Å². The van der Waals surface area contributed by atoms with Gasteiger partial charge in [0.1, 0.15) is 0 Å². The summed E-state index contributed by atoms with van der Waals surface area (Å²) in [7, 11) is 0. The summed E-state index contributed by atoms with van der Waals surface area (Å²) < 4.78 is 0. The van der Waals surface area contributed by atoms with Crippen LogP contribution in [0, 0.1) is 5.92 Å². The molecule has 1 aromatic rings. The zero-order chi connectivity index (χ0) is 12.3. The number of anilines is 1. The molecule has 1 aliphatic rings. The minimum absolute atomic E-state index is 0.344. The van der Waals surface area contributed by atoms with Gasteiger partial charge in [0, 0.05) is 12.1 Å². The fourth-order valence-corrected chi connectivity index (χ4v) is 2.63. The van der Waals surface area contributed by atoms with E-state index in [2.05, 4.69) is 15.5 Å². The fourth-order valence-electron chi connectivity index (χ4n) is 2.33. The first-order chi connectivity index (χ1) is 8.20. The molecule has 0 spiro atoms. The predicted octanol–water partition coefficient (Wildman–Crippen LogP) is 2.71. The minimum atomic E-state index is 0.344. The Balaban J connectivity index is 2.10. The standard InChI is InChI=1S/C11H16Cl2N4/c12-10-5-9(11(13)17-16-10)15-8-4-2-1-3-7(8)6-14/h5,7-8H,1-4,6,14H2,(H,15,16). The van der Waals surface area contributed by atoms with Crippen molar-refractivity contribution >= 4 is 28.9 Å². The van der Waals surface area contributed by atoms with E-state index in [-0.39, 0.29) is 0 Å². The first kappa shape index (κ1) is 12.9. The van der Waals surface area contributed by atoms with Gasteiger partial charge in [-0.05, 0) is 25.3 Å². The van der Waals surface area contributed by atoms with Crippen molar-refractivity contribution < 1.29 is 0 Å². The summed E-state index contributed by atoms with van der Waals surface area (Å²) in [5.74, 6) is 0.492. The Labute approximate surface area is 111 Å². The van der Waals surface area contributed by atoms with Gasteiger partial charge in [0.2, 0.25) is 0 Å². The average Bonchev–Trinajstić information content (AvgIpc) is 2.34. The van der Waals surface area contributed by atoms with Crippen molar-refractivity contribution in [1.82, 2.24) is 10.2 Å². The van der Waals surface area contributed by atoms with Gasteiger partial charge in [-0.3, -0.25) is 0 Å². The molecule has 17 heavy (non-hydrogen) atoms. The van der Waals surface area contributed by atoms with Gasteiger partial charge in [0.25, 0.3) is 0 Å². The summed E-state index contributed by atoms with van der Waals surface area (Å²) in [5, 5.41) is 11.6. The van der Waals surface area contributed by atoms with Crippen molar-refractivity contribution in [3.05, 3.63) is 16.4 Å². The van der Waals surface area contributed by atoms with E-state index in [1.54, 1.807) is 6.07 Å². The molecule has 1 heterocycles. The van der Waals surface area contributed by atoms with Crippen molar-refractivity contribution in [2.75, 3.05) is 11.9 Å². The van der Waals surface area contributed by atoms with Crippen molar-refractivity contribution in [3.8, 4) is 0 Å². The second kappa shape index (κ2) is 5.85.